The molecule has 0 fully saturated rings. The van der Waals surface area contributed by atoms with Gasteiger partial charge in [-0.3, -0.25) is 0 Å². The van der Waals surface area contributed by atoms with Crippen molar-refractivity contribution in [1.29, 1.82) is 0 Å². The molecule has 1 aliphatic heterocycles. The summed E-state index contributed by atoms with van der Waals surface area (Å²) >= 11 is 0. The van der Waals surface area contributed by atoms with Crippen LogP contribution in [0, 0.1) is 0 Å². The Hall–Kier alpha value is -3.54. The molecule has 28 heavy (non-hydrogen) atoms. The highest BCUT2D eigenvalue weighted by Gasteiger charge is 2.26. The van der Waals surface area contributed by atoms with Gasteiger partial charge in [-0.25, -0.2) is 9.79 Å². The van der Waals surface area contributed by atoms with Gasteiger partial charge < -0.3 is 18.9 Å². The van der Waals surface area contributed by atoms with E-state index in [2.05, 4.69) is 4.99 Å². The molecule has 2 aromatic carbocycles. The van der Waals surface area contributed by atoms with Gasteiger partial charge in [-0.15, -0.1) is 0 Å². The zero-order valence-corrected chi connectivity index (χ0v) is 16.2. The summed E-state index contributed by atoms with van der Waals surface area (Å²) in [5, 5.41) is 0. The summed E-state index contributed by atoms with van der Waals surface area (Å²) < 4.78 is 21.3. The maximum absolute atomic E-state index is 12.3. The fraction of sp³-hybridized carbons (Fsp3) is 0.182. The molecule has 144 valence electrons. The van der Waals surface area contributed by atoms with Crippen molar-refractivity contribution in [2.24, 2.45) is 4.99 Å². The molecule has 0 saturated carbocycles. The number of carbonyl (C=O) groups is 1. The molecule has 0 amide bonds. The third-order valence-corrected chi connectivity index (χ3v) is 4.09. The van der Waals surface area contributed by atoms with Crippen molar-refractivity contribution >= 4 is 17.9 Å². The van der Waals surface area contributed by atoms with Crippen LogP contribution >= 0.6 is 0 Å². The molecule has 1 heterocycles. The van der Waals surface area contributed by atoms with E-state index in [4.69, 9.17) is 18.9 Å². The van der Waals surface area contributed by atoms with E-state index >= 15 is 0 Å². The van der Waals surface area contributed by atoms with Gasteiger partial charge in [-0.1, -0.05) is 36.4 Å². The number of aliphatic imine (C=N–C) groups is 1. The smallest absolute Gasteiger partial charge is 0.363 e. The number of hydrogen-bond donors (Lipinski definition) is 0. The maximum atomic E-state index is 12.3. The van der Waals surface area contributed by atoms with Crippen LogP contribution in [-0.2, 0) is 9.53 Å². The number of rotatable bonds is 6. The van der Waals surface area contributed by atoms with Crippen LogP contribution in [0.2, 0.25) is 0 Å². The number of esters is 1. The molecule has 6 nitrogen and oxygen atoms in total. The highest BCUT2D eigenvalue weighted by Crippen LogP contribution is 2.39. The molecule has 0 saturated heterocycles. The minimum atomic E-state index is -0.510. The number of nitrogens with zero attached hydrogens (tertiary/aromatic N) is 1. The molecule has 0 radical (unpaired) electrons. The van der Waals surface area contributed by atoms with Crippen molar-refractivity contribution in [3.8, 4) is 17.2 Å². The van der Waals surface area contributed by atoms with Gasteiger partial charge in [0.2, 0.25) is 11.6 Å². The molecule has 0 spiro atoms. The minimum Gasteiger partial charge on any atom is -0.493 e. The number of benzene rings is 2. The van der Waals surface area contributed by atoms with Gasteiger partial charge in [0.05, 0.1) is 21.3 Å². The largest absolute Gasteiger partial charge is 0.493 e. The summed E-state index contributed by atoms with van der Waals surface area (Å²) in [6.07, 6.45) is 3.66. The predicted molar refractivity (Wildman–Crippen MR) is 107 cm³/mol. The molecule has 0 unspecified atom stereocenters. The molecule has 3 rings (SSSR count). The molecular weight excluding hydrogens is 358 g/mol. The van der Waals surface area contributed by atoms with E-state index in [0.717, 1.165) is 11.1 Å². The zero-order chi connectivity index (χ0) is 20.1. The fourth-order valence-corrected chi connectivity index (χ4v) is 2.81. The Kier molecular flexibility index (Phi) is 5.79. The van der Waals surface area contributed by atoms with E-state index in [-0.39, 0.29) is 11.6 Å². The summed E-state index contributed by atoms with van der Waals surface area (Å²) in [5.41, 5.74) is 2.70. The van der Waals surface area contributed by atoms with Crippen LogP contribution in [-0.4, -0.2) is 33.2 Å². The molecule has 0 N–H and O–H groups in total. The van der Waals surface area contributed by atoms with Gasteiger partial charge >= 0.3 is 5.97 Å². The summed E-state index contributed by atoms with van der Waals surface area (Å²) in [5.74, 6) is 1.03. The highest BCUT2D eigenvalue weighted by molar-refractivity contribution is 6.11. The van der Waals surface area contributed by atoms with Crippen LogP contribution in [0.5, 0.6) is 17.2 Å². The zero-order valence-electron chi connectivity index (χ0n) is 16.2. The Morgan fingerprint density at radius 2 is 1.64 bits per heavy atom. The third-order valence-electron chi connectivity index (χ3n) is 4.09. The molecule has 0 atom stereocenters. The Balaban J connectivity index is 1.95. The number of allylic oxidation sites excluding steroid dienone is 2. The number of cyclic esters (lactones) is 1. The second-order valence-corrected chi connectivity index (χ2v) is 6.05. The van der Waals surface area contributed by atoms with Gasteiger partial charge in [0.25, 0.3) is 0 Å². The quantitative estimate of drug-likeness (QED) is 0.561. The van der Waals surface area contributed by atoms with E-state index in [0.29, 0.717) is 22.8 Å². The Labute approximate surface area is 163 Å². The SMILES string of the molecule is COc1cc(C2=NC(=CC(C)=Cc3ccccc3)C(=O)O2)cc(OC)c1OC. The highest BCUT2D eigenvalue weighted by atomic mass is 16.6. The fourth-order valence-electron chi connectivity index (χ4n) is 2.81. The van der Waals surface area contributed by atoms with Crippen molar-refractivity contribution in [1.82, 2.24) is 0 Å². The number of methoxy groups -OCH3 is 3. The second kappa shape index (κ2) is 8.43. The van der Waals surface area contributed by atoms with Gasteiger partial charge in [0.15, 0.2) is 17.2 Å². The van der Waals surface area contributed by atoms with Crippen molar-refractivity contribution in [3.05, 3.63) is 70.9 Å². The van der Waals surface area contributed by atoms with Crippen LogP contribution in [0.15, 0.2) is 64.8 Å². The van der Waals surface area contributed by atoms with Crippen molar-refractivity contribution in [3.63, 3.8) is 0 Å². The average Bonchev–Trinajstić information content (AvgIpc) is 3.07. The number of ether oxygens (including phenoxy) is 4. The van der Waals surface area contributed by atoms with E-state index in [9.17, 15) is 4.79 Å². The van der Waals surface area contributed by atoms with Crippen LogP contribution in [0.25, 0.3) is 6.08 Å². The van der Waals surface area contributed by atoms with Crippen molar-refractivity contribution in [2.45, 2.75) is 6.92 Å². The van der Waals surface area contributed by atoms with E-state index in [1.165, 1.54) is 21.3 Å². The van der Waals surface area contributed by atoms with E-state index in [1.807, 2.05) is 43.3 Å². The van der Waals surface area contributed by atoms with Crippen molar-refractivity contribution < 1.29 is 23.7 Å². The lowest BCUT2D eigenvalue weighted by atomic mass is 10.1. The first-order chi connectivity index (χ1) is 13.5. The predicted octanol–water partition coefficient (Wildman–Crippen LogP) is 4.00. The molecular formula is C22H21NO5. The van der Waals surface area contributed by atoms with E-state index < -0.39 is 5.97 Å². The summed E-state index contributed by atoms with van der Waals surface area (Å²) in [6.45, 7) is 1.90. The van der Waals surface area contributed by atoms with E-state index in [1.54, 1.807) is 18.2 Å². The molecule has 0 bridgehead atoms. The molecule has 0 aromatic heterocycles. The molecule has 2 aromatic rings. The summed E-state index contributed by atoms with van der Waals surface area (Å²) in [4.78, 5) is 16.6. The lowest BCUT2D eigenvalue weighted by Crippen LogP contribution is -2.07. The second-order valence-electron chi connectivity index (χ2n) is 6.05. The average molecular weight is 379 g/mol. The maximum Gasteiger partial charge on any atom is 0.363 e. The Morgan fingerprint density at radius 1 is 1.00 bits per heavy atom. The topological polar surface area (TPSA) is 66.4 Å². The first kappa shape index (κ1) is 19.2. The normalized spacial score (nSPS) is 15.3. The van der Waals surface area contributed by atoms with Gasteiger partial charge in [0.1, 0.15) is 0 Å². The lowest BCUT2D eigenvalue weighted by Gasteiger charge is -2.13. The van der Waals surface area contributed by atoms with Crippen LogP contribution < -0.4 is 14.2 Å². The van der Waals surface area contributed by atoms with Gasteiger partial charge in [-0.2, -0.15) is 0 Å². The van der Waals surface area contributed by atoms with Crippen molar-refractivity contribution in [2.75, 3.05) is 21.3 Å². The Morgan fingerprint density at radius 3 is 2.21 bits per heavy atom. The number of hydrogen-bond acceptors (Lipinski definition) is 6. The monoisotopic (exact) mass is 379 g/mol. The standard InChI is InChI=1S/C22H21NO5/c1-14(10-15-8-6-5-7-9-15)11-17-22(24)28-21(23-17)16-12-18(25-2)20(27-4)19(13-16)26-3/h5-13H,1-4H3. The molecule has 6 heteroatoms. The summed E-state index contributed by atoms with van der Waals surface area (Å²) in [6, 6.07) is 13.2. The van der Waals surface area contributed by atoms with Gasteiger partial charge in [-0.05, 0) is 36.3 Å². The summed E-state index contributed by atoms with van der Waals surface area (Å²) in [7, 11) is 4.56. The molecule has 0 aliphatic carbocycles. The molecule has 1 aliphatic rings. The van der Waals surface area contributed by atoms with Gasteiger partial charge in [0, 0.05) is 5.56 Å². The first-order valence-corrected chi connectivity index (χ1v) is 8.62. The Bertz CT molecular complexity index is 949. The number of carbonyl (C=O) groups excluding carboxylic acids is 1. The first-order valence-electron chi connectivity index (χ1n) is 8.62. The minimum absolute atomic E-state index is 0.183. The van der Waals surface area contributed by atoms with Crippen LogP contribution in [0.3, 0.4) is 0 Å². The van der Waals surface area contributed by atoms with Crippen LogP contribution in [0.4, 0.5) is 0 Å². The third kappa shape index (κ3) is 4.06. The lowest BCUT2D eigenvalue weighted by molar-refractivity contribution is -0.130. The van der Waals surface area contributed by atoms with Crippen LogP contribution in [0.1, 0.15) is 18.1 Å².